The standard InChI is InChI=1S/C15H17N3O2/c1-3-14-16-15(20-17-14)9-18-7-6-12-8-11(10(2)19)4-5-13(12)18/h4-5,8H,3,6-7,9H2,1-2H3. The Morgan fingerprint density at radius 2 is 2.30 bits per heavy atom. The lowest BCUT2D eigenvalue weighted by Gasteiger charge is -2.16. The van der Waals surface area contributed by atoms with Crippen LogP contribution in [-0.4, -0.2) is 22.5 Å². The van der Waals surface area contributed by atoms with E-state index in [1.54, 1.807) is 6.92 Å². The van der Waals surface area contributed by atoms with Crippen molar-refractivity contribution in [3.63, 3.8) is 0 Å². The molecule has 1 aliphatic rings. The zero-order valence-corrected chi connectivity index (χ0v) is 11.7. The summed E-state index contributed by atoms with van der Waals surface area (Å²) in [5.74, 6) is 1.49. The smallest absolute Gasteiger partial charge is 0.246 e. The van der Waals surface area contributed by atoms with Crippen molar-refractivity contribution in [1.82, 2.24) is 10.1 Å². The molecule has 3 rings (SSSR count). The minimum absolute atomic E-state index is 0.107. The fraction of sp³-hybridized carbons (Fsp3) is 0.400. The first-order valence-electron chi connectivity index (χ1n) is 6.87. The van der Waals surface area contributed by atoms with Crippen LogP contribution >= 0.6 is 0 Å². The summed E-state index contributed by atoms with van der Waals surface area (Å²) in [5.41, 5.74) is 3.15. The van der Waals surface area contributed by atoms with Crippen LogP contribution in [0.4, 0.5) is 5.69 Å². The summed E-state index contributed by atoms with van der Waals surface area (Å²) in [6.07, 6.45) is 1.73. The van der Waals surface area contributed by atoms with Crippen molar-refractivity contribution in [3.8, 4) is 0 Å². The van der Waals surface area contributed by atoms with E-state index < -0.39 is 0 Å². The highest BCUT2D eigenvalue weighted by Crippen LogP contribution is 2.30. The number of carbonyl (C=O) groups excluding carboxylic acids is 1. The van der Waals surface area contributed by atoms with Gasteiger partial charge in [0.25, 0.3) is 0 Å². The summed E-state index contributed by atoms with van der Waals surface area (Å²) in [6, 6.07) is 5.88. The van der Waals surface area contributed by atoms with Crippen molar-refractivity contribution in [2.75, 3.05) is 11.4 Å². The number of Topliss-reactive ketones (excluding diaryl/α,β-unsaturated/α-hetero) is 1. The normalized spacial score (nSPS) is 13.6. The molecule has 104 valence electrons. The first-order chi connectivity index (χ1) is 9.67. The first kappa shape index (κ1) is 12.8. The maximum Gasteiger partial charge on any atom is 0.246 e. The monoisotopic (exact) mass is 271 g/mol. The fourth-order valence-corrected chi connectivity index (χ4v) is 2.51. The molecular formula is C15H17N3O2. The van der Waals surface area contributed by atoms with Crippen LogP contribution in [0.3, 0.4) is 0 Å². The average molecular weight is 271 g/mol. The van der Waals surface area contributed by atoms with Gasteiger partial charge in [-0.05, 0) is 37.1 Å². The number of fused-ring (bicyclic) bond motifs is 1. The summed E-state index contributed by atoms with van der Waals surface area (Å²) < 4.78 is 5.24. The number of aryl methyl sites for hydroxylation is 1. The van der Waals surface area contributed by atoms with E-state index in [1.165, 1.54) is 5.56 Å². The number of aromatic nitrogens is 2. The lowest BCUT2D eigenvalue weighted by atomic mass is 10.1. The largest absolute Gasteiger partial charge is 0.362 e. The first-order valence-corrected chi connectivity index (χ1v) is 6.87. The molecule has 0 aliphatic carbocycles. The molecule has 0 saturated carbocycles. The summed E-state index contributed by atoms with van der Waals surface area (Å²) in [4.78, 5) is 18.0. The molecule has 20 heavy (non-hydrogen) atoms. The summed E-state index contributed by atoms with van der Waals surface area (Å²) in [5, 5.41) is 3.91. The van der Waals surface area contributed by atoms with Gasteiger partial charge in [-0.3, -0.25) is 4.79 Å². The van der Waals surface area contributed by atoms with Crippen LogP contribution < -0.4 is 4.90 Å². The second kappa shape index (κ2) is 5.07. The lowest BCUT2D eigenvalue weighted by Crippen LogP contribution is -2.19. The molecule has 2 heterocycles. The molecule has 5 nitrogen and oxygen atoms in total. The predicted octanol–water partition coefficient (Wildman–Crippen LogP) is 2.40. The van der Waals surface area contributed by atoms with Crippen molar-refractivity contribution >= 4 is 11.5 Å². The van der Waals surface area contributed by atoms with Gasteiger partial charge in [0.2, 0.25) is 5.89 Å². The molecule has 1 aliphatic heterocycles. The van der Waals surface area contributed by atoms with Gasteiger partial charge in [-0.2, -0.15) is 4.98 Å². The molecule has 0 bridgehead atoms. The van der Waals surface area contributed by atoms with Crippen molar-refractivity contribution < 1.29 is 9.32 Å². The van der Waals surface area contributed by atoms with Gasteiger partial charge in [-0.15, -0.1) is 0 Å². The fourth-order valence-electron chi connectivity index (χ4n) is 2.51. The predicted molar refractivity (Wildman–Crippen MR) is 74.9 cm³/mol. The van der Waals surface area contributed by atoms with Crippen LogP contribution in [0.5, 0.6) is 0 Å². The number of anilines is 1. The molecule has 0 fully saturated rings. The number of nitrogens with zero attached hydrogens (tertiary/aromatic N) is 3. The van der Waals surface area contributed by atoms with Crippen LogP contribution in [0, 0.1) is 0 Å². The van der Waals surface area contributed by atoms with E-state index in [4.69, 9.17) is 4.52 Å². The van der Waals surface area contributed by atoms with Crippen LogP contribution in [0.1, 0.15) is 41.5 Å². The maximum absolute atomic E-state index is 11.4. The molecule has 0 saturated heterocycles. The minimum atomic E-state index is 0.107. The molecule has 0 N–H and O–H groups in total. The topological polar surface area (TPSA) is 59.2 Å². The second-order valence-corrected chi connectivity index (χ2v) is 5.03. The van der Waals surface area contributed by atoms with Crippen molar-refractivity contribution in [1.29, 1.82) is 0 Å². The SMILES string of the molecule is CCc1noc(CN2CCc3cc(C(C)=O)ccc32)n1. The van der Waals surface area contributed by atoms with Gasteiger partial charge in [0.15, 0.2) is 11.6 Å². The molecule has 1 aromatic carbocycles. The Kier molecular flexibility index (Phi) is 3.26. The Hall–Kier alpha value is -2.17. The minimum Gasteiger partial charge on any atom is -0.362 e. The summed E-state index contributed by atoms with van der Waals surface area (Å²) >= 11 is 0. The third-order valence-corrected chi connectivity index (χ3v) is 3.63. The Morgan fingerprint density at radius 1 is 1.45 bits per heavy atom. The zero-order valence-electron chi connectivity index (χ0n) is 11.7. The van der Waals surface area contributed by atoms with E-state index in [0.29, 0.717) is 12.4 Å². The van der Waals surface area contributed by atoms with Gasteiger partial charge in [0.1, 0.15) is 0 Å². The number of carbonyl (C=O) groups is 1. The van der Waals surface area contributed by atoms with Crippen molar-refractivity contribution in [2.24, 2.45) is 0 Å². The molecule has 0 radical (unpaired) electrons. The van der Waals surface area contributed by atoms with Crippen molar-refractivity contribution in [3.05, 3.63) is 41.0 Å². The zero-order chi connectivity index (χ0) is 14.1. The van der Waals surface area contributed by atoms with Gasteiger partial charge in [0, 0.05) is 24.2 Å². The van der Waals surface area contributed by atoms with E-state index in [2.05, 4.69) is 15.0 Å². The van der Waals surface area contributed by atoms with Gasteiger partial charge in [-0.1, -0.05) is 12.1 Å². The molecule has 5 heteroatoms. The molecule has 2 aromatic rings. The molecule has 0 atom stereocenters. The van der Waals surface area contributed by atoms with Gasteiger partial charge < -0.3 is 9.42 Å². The van der Waals surface area contributed by atoms with E-state index in [1.807, 2.05) is 25.1 Å². The highest BCUT2D eigenvalue weighted by atomic mass is 16.5. The number of benzene rings is 1. The number of hydrogen-bond acceptors (Lipinski definition) is 5. The van der Waals surface area contributed by atoms with Crippen LogP contribution in [0.25, 0.3) is 0 Å². The Labute approximate surface area is 117 Å². The van der Waals surface area contributed by atoms with E-state index >= 15 is 0 Å². The second-order valence-electron chi connectivity index (χ2n) is 5.03. The Balaban J connectivity index is 1.80. The third kappa shape index (κ3) is 2.31. The molecule has 1 aromatic heterocycles. The van der Waals surface area contributed by atoms with E-state index in [-0.39, 0.29) is 5.78 Å². The van der Waals surface area contributed by atoms with Crippen LogP contribution in [0.2, 0.25) is 0 Å². The maximum atomic E-state index is 11.4. The van der Waals surface area contributed by atoms with Crippen LogP contribution in [0.15, 0.2) is 22.7 Å². The molecule has 0 amide bonds. The van der Waals surface area contributed by atoms with E-state index in [9.17, 15) is 4.79 Å². The van der Waals surface area contributed by atoms with E-state index in [0.717, 1.165) is 36.5 Å². The summed E-state index contributed by atoms with van der Waals surface area (Å²) in [7, 11) is 0. The lowest BCUT2D eigenvalue weighted by molar-refractivity contribution is 0.101. The number of rotatable bonds is 4. The molecule has 0 spiro atoms. The molecular weight excluding hydrogens is 254 g/mol. The van der Waals surface area contributed by atoms with Gasteiger partial charge in [-0.25, -0.2) is 0 Å². The van der Waals surface area contributed by atoms with Crippen LogP contribution in [-0.2, 0) is 19.4 Å². The van der Waals surface area contributed by atoms with Gasteiger partial charge >= 0.3 is 0 Å². The highest BCUT2D eigenvalue weighted by Gasteiger charge is 2.21. The number of ketones is 1. The quantitative estimate of drug-likeness (QED) is 0.799. The number of hydrogen-bond donors (Lipinski definition) is 0. The highest BCUT2D eigenvalue weighted by molar-refractivity contribution is 5.94. The summed E-state index contributed by atoms with van der Waals surface area (Å²) in [6.45, 7) is 5.14. The molecule has 0 unspecified atom stereocenters. The Bertz CT molecular complexity index is 648. The Morgan fingerprint density at radius 3 is 3.00 bits per heavy atom. The average Bonchev–Trinajstić information content (AvgIpc) is 3.06. The van der Waals surface area contributed by atoms with Gasteiger partial charge in [0.05, 0.1) is 6.54 Å². The van der Waals surface area contributed by atoms with Crippen molar-refractivity contribution in [2.45, 2.75) is 33.2 Å². The third-order valence-electron chi connectivity index (χ3n) is 3.63.